The molecule has 1 heterocycles. The van der Waals surface area contributed by atoms with Crippen LogP contribution in [0.3, 0.4) is 0 Å². The highest BCUT2D eigenvalue weighted by Gasteiger charge is 2.34. The van der Waals surface area contributed by atoms with Crippen LogP contribution in [0.2, 0.25) is 0 Å². The van der Waals surface area contributed by atoms with E-state index in [1.807, 2.05) is 25.0 Å². The lowest BCUT2D eigenvalue weighted by Crippen LogP contribution is -2.55. The quantitative estimate of drug-likeness (QED) is 0.416. The van der Waals surface area contributed by atoms with Crippen LogP contribution in [0.25, 0.3) is 0 Å². The van der Waals surface area contributed by atoms with Crippen LogP contribution in [0, 0.1) is 11.5 Å². The van der Waals surface area contributed by atoms with Gasteiger partial charge in [-0.15, -0.1) is 4.99 Å². The lowest BCUT2D eigenvalue weighted by Gasteiger charge is -2.42. The maximum absolute atomic E-state index is 9.16. The van der Waals surface area contributed by atoms with Gasteiger partial charge in [0, 0.05) is 13.1 Å². The van der Waals surface area contributed by atoms with E-state index in [1.165, 1.54) is 11.8 Å². The lowest BCUT2D eigenvalue weighted by atomic mass is 10.1. The molecule has 1 saturated heterocycles. The largest absolute Gasteiger partial charge is 0.394 e. The van der Waals surface area contributed by atoms with Crippen molar-refractivity contribution in [2.75, 3.05) is 26.0 Å². The first-order valence-corrected chi connectivity index (χ1v) is 6.29. The molecule has 0 aromatic carbocycles. The van der Waals surface area contributed by atoms with Crippen LogP contribution in [0.4, 0.5) is 0 Å². The third-order valence-electron chi connectivity index (χ3n) is 2.28. The summed E-state index contributed by atoms with van der Waals surface area (Å²) in [5.74, 6) is 0. The lowest BCUT2D eigenvalue weighted by molar-refractivity contribution is -0.134. The van der Waals surface area contributed by atoms with Gasteiger partial charge in [-0.2, -0.15) is 5.26 Å². The van der Waals surface area contributed by atoms with Crippen molar-refractivity contribution in [3.05, 3.63) is 0 Å². The van der Waals surface area contributed by atoms with Crippen molar-refractivity contribution in [2.24, 2.45) is 4.99 Å². The molecule has 16 heavy (non-hydrogen) atoms. The van der Waals surface area contributed by atoms with Crippen molar-refractivity contribution in [3.63, 3.8) is 0 Å². The third-order valence-corrected chi connectivity index (χ3v) is 3.00. The number of rotatable bonds is 1. The van der Waals surface area contributed by atoms with Crippen molar-refractivity contribution in [3.8, 4) is 6.19 Å². The fourth-order valence-corrected chi connectivity index (χ4v) is 2.35. The molecule has 1 unspecified atom stereocenters. The van der Waals surface area contributed by atoms with Crippen LogP contribution < -0.4 is 0 Å². The molecule has 1 aliphatic heterocycles. The Hall–Kier alpha value is -0.770. The predicted molar refractivity (Wildman–Crippen MR) is 64.2 cm³/mol. The highest BCUT2D eigenvalue weighted by molar-refractivity contribution is 8.13. The Labute approximate surface area is 100 Å². The topological polar surface area (TPSA) is 68.9 Å². The van der Waals surface area contributed by atoms with Gasteiger partial charge in [-0.25, -0.2) is 0 Å². The standard InChI is InChI=1S/C10H17N3O2S/c1-10(2)6-13(4-8(5-14)15-10)9(16-3)12-7-11/h8,14H,4-6H2,1-3H3. The highest BCUT2D eigenvalue weighted by atomic mass is 32.2. The van der Waals surface area contributed by atoms with Gasteiger partial charge >= 0.3 is 0 Å². The van der Waals surface area contributed by atoms with E-state index >= 15 is 0 Å². The molecule has 90 valence electrons. The number of hydrogen-bond acceptors (Lipinski definition) is 5. The van der Waals surface area contributed by atoms with Crippen LogP contribution in [0.15, 0.2) is 4.99 Å². The number of nitrogens with zero attached hydrogens (tertiary/aromatic N) is 3. The molecule has 1 atom stereocenters. The molecule has 0 aromatic heterocycles. The Morgan fingerprint density at radius 3 is 2.94 bits per heavy atom. The van der Waals surface area contributed by atoms with E-state index in [4.69, 9.17) is 15.1 Å². The SMILES string of the molecule is CSC(=NC#N)N1CC(CO)OC(C)(C)C1. The monoisotopic (exact) mass is 243 g/mol. The number of hydrogen-bond donors (Lipinski definition) is 1. The smallest absolute Gasteiger partial charge is 0.208 e. The van der Waals surface area contributed by atoms with E-state index in [0.717, 1.165) is 0 Å². The Morgan fingerprint density at radius 1 is 1.75 bits per heavy atom. The van der Waals surface area contributed by atoms with E-state index in [2.05, 4.69) is 4.99 Å². The number of aliphatic hydroxyl groups excluding tert-OH is 1. The molecule has 5 nitrogen and oxygen atoms in total. The van der Waals surface area contributed by atoms with Gasteiger partial charge in [-0.3, -0.25) is 0 Å². The van der Waals surface area contributed by atoms with Gasteiger partial charge in [0.2, 0.25) is 6.19 Å². The molecule has 0 radical (unpaired) electrons. The van der Waals surface area contributed by atoms with Crippen molar-refractivity contribution in [1.82, 2.24) is 4.90 Å². The number of amidine groups is 1. The molecule has 1 fully saturated rings. The van der Waals surface area contributed by atoms with Crippen LogP contribution >= 0.6 is 11.8 Å². The maximum Gasteiger partial charge on any atom is 0.208 e. The summed E-state index contributed by atoms with van der Waals surface area (Å²) in [6.07, 6.45) is 3.46. The Balaban J connectivity index is 2.81. The first-order chi connectivity index (χ1) is 7.52. The van der Waals surface area contributed by atoms with Gasteiger partial charge < -0.3 is 14.7 Å². The molecule has 0 spiro atoms. The molecule has 0 saturated carbocycles. The van der Waals surface area contributed by atoms with Crippen LogP contribution in [-0.2, 0) is 4.74 Å². The fourth-order valence-electron chi connectivity index (χ4n) is 1.82. The zero-order valence-electron chi connectivity index (χ0n) is 9.80. The molecule has 0 bridgehead atoms. The molecule has 0 amide bonds. The molecular formula is C10H17N3O2S. The summed E-state index contributed by atoms with van der Waals surface area (Å²) in [6.45, 7) is 5.15. The van der Waals surface area contributed by atoms with E-state index < -0.39 is 0 Å². The van der Waals surface area contributed by atoms with Gasteiger partial charge in [-0.1, -0.05) is 11.8 Å². The van der Waals surface area contributed by atoms with Gasteiger partial charge in [0.25, 0.3) is 0 Å². The van der Waals surface area contributed by atoms with Gasteiger partial charge in [0.15, 0.2) is 5.17 Å². The summed E-state index contributed by atoms with van der Waals surface area (Å²) in [7, 11) is 0. The number of nitriles is 1. The number of thioether (sulfide) groups is 1. The van der Waals surface area contributed by atoms with Crippen molar-refractivity contribution in [2.45, 2.75) is 25.6 Å². The second-order valence-electron chi connectivity index (χ2n) is 4.26. The third kappa shape index (κ3) is 3.37. The molecule has 1 aliphatic rings. The van der Waals surface area contributed by atoms with Crippen LogP contribution in [-0.4, -0.2) is 52.8 Å². The van der Waals surface area contributed by atoms with Crippen LogP contribution in [0.5, 0.6) is 0 Å². The number of morpholine rings is 1. The first kappa shape index (κ1) is 13.3. The van der Waals surface area contributed by atoms with Crippen LogP contribution in [0.1, 0.15) is 13.8 Å². The summed E-state index contributed by atoms with van der Waals surface area (Å²) in [4.78, 5) is 5.76. The van der Waals surface area contributed by atoms with E-state index in [-0.39, 0.29) is 18.3 Å². The Bertz CT molecular complexity index is 312. The summed E-state index contributed by atoms with van der Waals surface area (Å²) < 4.78 is 5.69. The number of aliphatic hydroxyl groups is 1. The summed E-state index contributed by atoms with van der Waals surface area (Å²) >= 11 is 1.43. The molecule has 0 aliphatic carbocycles. The zero-order valence-corrected chi connectivity index (χ0v) is 10.6. The molecule has 6 heteroatoms. The average Bonchev–Trinajstić information content (AvgIpc) is 2.23. The Morgan fingerprint density at radius 2 is 2.44 bits per heavy atom. The minimum absolute atomic E-state index is 0.0197. The van der Waals surface area contributed by atoms with Gasteiger partial charge in [-0.05, 0) is 20.1 Å². The predicted octanol–water partition coefficient (Wildman–Crippen LogP) is 0.658. The maximum atomic E-state index is 9.16. The highest BCUT2D eigenvalue weighted by Crippen LogP contribution is 2.23. The van der Waals surface area contributed by atoms with Crippen molar-refractivity contribution in [1.29, 1.82) is 5.26 Å². The summed E-state index contributed by atoms with van der Waals surface area (Å²) in [6, 6.07) is 0. The number of ether oxygens (including phenoxy) is 1. The molecule has 0 aromatic rings. The molecular weight excluding hydrogens is 226 g/mol. The Kier molecular flexibility index (Phi) is 4.59. The van der Waals surface area contributed by atoms with Gasteiger partial charge in [0.1, 0.15) is 0 Å². The summed E-state index contributed by atoms with van der Waals surface area (Å²) in [5, 5.41) is 18.4. The van der Waals surface area contributed by atoms with E-state index in [1.54, 1.807) is 6.19 Å². The minimum Gasteiger partial charge on any atom is -0.394 e. The molecule has 1 rings (SSSR count). The summed E-state index contributed by atoms with van der Waals surface area (Å²) in [5.41, 5.74) is -0.336. The van der Waals surface area contributed by atoms with Crippen molar-refractivity contribution >= 4 is 16.9 Å². The van der Waals surface area contributed by atoms with E-state index in [9.17, 15) is 0 Å². The normalized spacial score (nSPS) is 25.3. The minimum atomic E-state index is -0.336. The second-order valence-corrected chi connectivity index (χ2v) is 5.03. The molecule has 1 N–H and O–H groups in total. The van der Waals surface area contributed by atoms with Crippen molar-refractivity contribution < 1.29 is 9.84 Å². The second kappa shape index (κ2) is 5.53. The first-order valence-electron chi connectivity index (χ1n) is 5.07. The fraction of sp³-hybridized carbons (Fsp3) is 0.800. The number of aliphatic imine (C=N–C) groups is 1. The average molecular weight is 243 g/mol. The van der Waals surface area contributed by atoms with Gasteiger partial charge in [0.05, 0.1) is 18.3 Å². The van der Waals surface area contributed by atoms with E-state index in [0.29, 0.717) is 18.3 Å². The zero-order chi connectivity index (χ0) is 12.2.